The topological polar surface area (TPSA) is 75.8 Å². The van der Waals surface area contributed by atoms with Crippen LogP contribution < -0.4 is 5.73 Å². The van der Waals surface area contributed by atoms with Crippen LogP contribution in [0.2, 0.25) is 0 Å². The Morgan fingerprint density at radius 2 is 1.67 bits per heavy atom. The summed E-state index contributed by atoms with van der Waals surface area (Å²) in [5.74, 6) is -1.23. The zero-order chi connectivity index (χ0) is 18.6. The molecule has 122 valence electrons. The van der Waals surface area contributed by atoms with Crippen molar-refractivity contribution in [3.8, 4) is 0 Å². The summed E-state index contributed by atoms with van der Waals surface area (Å²) in [4.78, 5) is 27.2. The van der Waals surface area contributed by atoms with Gasteiger partial charge in [0.25, 0.3) is 0 Å². The number of nitrogens with two attached hydrogens (primary N) is 1. The standard InChI is InChI=1S/C16H31N3O2/c1-4-5-6-7-8-9-10-11-12-15(21)18-16(17)19(3)13-14(2)20/h4-13H2,1-3H3,(H2,17,18,21)/i3D3. The highest BCUT2D eigenvalue weighted by Crippen LogP contribution is 2.09. The van der Waals surface area contributed by atoms with E-state index in [2.05, 4.69) is 11.9 Å². The molecule has 0 atom stereocenters. The van der Waals surface area contributed by atoms with Crippen molar-refractivity contribution >= 4 is 17.6 Å². The lowest BCUT2D eigenvalue weighted by molar-refractivity contribution is -0.119. The van der Waals surface area contributed by atoms with Crippen LogP contribution in [0.3, 0.4) is 0 Å². The number of carbonyl (C=O) groups excluding carboxylic acids is 2. The second kappa shape index (κ2) is 12.4. The Bertz CT molecular complexity index is 423. The number of amides is 1. The van der Waals surface area contributed by atoms with Gasteiger partial charge in [-0.2, -0.15) is 4.99 Å². The van der Waals surface area contributed by atoms with Crippen LogP contribution in [-0.2, 0) is 9.59 Å². The molecular formula is C16H31N3O2. The predicted molar refractivity (Wildman–Crippen MR) is 87.2 cm³/mol. The quantitative estimate of drug-likeness (QED) is 0.361. The molecule has 0 aliphatic carbocycles. The van der Waals surface area contributed by atoms with E-state index >= 15 is 0 Å². The van der Waals surface area contributed by atoms with Crippen molar-refractivity contribution < 1.29 is 13.7 Å². The van der Waals surface area contributed by atoms with Gasteiger partial charge in [0.1, 0.15) is 5.78 Å². The van der Waals surface area contributed by atoms with Gasteiger partial charge < -0.3 is 10.6 Å². The Balaban J connectivity index is 4.21. The monoisotopic (exact) mass is 300 g/mol. The minimum atomic E-state index is -2.60. The molecular weight excluding hydrogens is 266 g/mol. The van der Waals surface area contributed by atoms with Crippen LogP contribution >= 0.6 is 0 Å². The Morgan fingerprint density at radius 3 is 2.19 bits per heavy atom. The number of ketones is 1. The van der Waals surface area contributed by atoms with Gasteiger partial charge in [-0.05, 0) is 13.3 Å². The number of carbonyl (C=O) groups is 2. The molecule has 5 nitrogen and oxygen atoms in total. The van der Waals surface area contributed by atoms with Crippen LogP contribution in [0.25, 0.3) is 0 Å². The van der Waals surface area contributed by atoms with Crippen molar-refractivity contribution in [2.75, 3.05) is 13.5 Å². The lowest BCUT2D eigenvalue weighted by atomic mass is 10.1. The molecule has 0 saturated carbocycles. The molecule has 0 aromatic rings. The minimum absolute atomic E-state index is 0.241. The van der Waals surface area contributed by atoms with Crippen LogP contribution in [0.4, 0.5) is 0 Å². The first kappa shape index (κ1) is 14.5. The fourth-order valence-electron chi connectivity index (χ4n) is 1.96. The highest BCUT2D eigenvalue weighted by Gasteiger charge is 2.07. The maximum atomic E-state index is 11.8. The zero-order valence-electron chi connectivity index (χ0n) is 16.4. The molecule has 0 bridgehead atoms. The molecule has 0 radical (unpaired) electrons. The molecule has 0 unspecified atom stereocenters. The summed E-state index contributed by atoms with van der Waals surface area (Å²) in [6, 6.07) is 0. The molecule has 0 fully saturated rings. The second-order valence-electron chi connectivity index (χ2n) is 5.38. The number of Topliss-reactive ketones (excluding diaryl/α,β-unsaturated/α-hetero) is 1. The Labute approximate surface area is 133 Å². The first-order valence-electron chi connectivity index (χ1n) is 9.32. The Kier molecular flexibility index (Phi) is 8.56. The first-order valence-corrected chi connectivity index (χ1v) is 7.82. The molecule has 0 aromatic carbocycles. The van der Waals surface area contributed by atoms with Gasteiger partial charge in [0.2, 0.25) is 5.91 Å². The summed E-state index contributed by atoms with van der Waals surface area (Å²) in [5, 5.41) is 0. The number of guanidine groups is 1. The van der Waals surface area contributed by atoms with E-state index in [1.807, 2.05) is 0 Å². The third kappa shape index (κ3) is 12.1. The number of likely N-dealkylation sites (N-methyl/N-ethyl adjacent to an activating group) is 1. The lowest BCUT2D eigenvalue weighted by Crippen LogP contribution is -2.37. The van der Waals surface area contributed by atoms with Crippen molar-refractivity contribution in [3.63, 3.8) is 0 Å². The lowest BCUT2D eigenvalue weighted by Gasteiger charge is -2.15. The van der Waals surface area contributed by atoms with Crippen molar-refractivity contribution in [1.82, 2.24) is 4.90 Å². The van der Waals surface area contributed by atoms with Gasteiger partial charge in [-0.15, -0.1) is 0 Å². The molecule has 1 amide bonds. The van der Waals surface area contributed by atoms with Crippen LogP contribution in [0, 0.1) is 0 Å². The fourth-order valence-corrected chi connectivity index (χ4v) is 1.96. The predicted octanol–water partition coefficient (Wildman–Crippen LogP) is 2.88. The van der Waals surface area contributed by atoms with E-state index in [1.165, 1.54) is 39.0 Å². The number of hydrogen-bond acceptors (Lipinski definition) is 2. The van der Waals surface area contributed by atoms with Crippen LogP contribution in [0.15, 0.2) is 4.99 Å². The molecule has 0 heterocycles. The van der Waals surface area contributed by atoms with Gasteiger partial charge in [0.05, 0.1) is 6.54 Å². The van der Waals surface area contributed by atoms with Crippen molar-refractivity contribution in [3.05, 3.63) is 0 Å². The van der Waals surface area contributed by atoms with Gasteiger partial charge in [-0.1, -0.05) is 51.9 Å². The van der Waals surface area contributed by atoms with Gasteiger partial charge in [0, 0.05) is 17.5 Å². The number of hydrogen-bond donors (Lipinski definition) is 1. The third-order valence-corrected chi connectivity index (χ3v) is 3.14. The highest BCUT2D eigenvalue weighted by molar-refractivity contribution is 5.93. The average molecular weight is 300 g/mol. The number of unbranched alkanes of at least 4 members (excludes halogenated alkanes) is 7. The average Bonchev–Trinajstić information content (AvgIpc) is 2.46. The summed E-state index contributed by atoms with van der Waals surface area (Å²) < 4.78 is 22.1. The van der Waals surface area contributed by atoms with Gasteiger partial charge in [0.15, 0.2) is 5.96 Å². The molecule has 0 aliphatic heterocycles. The van der Waals surface area contributed by atoms with Crippen LogP contribution in [-0.4, -0.2) is 36.1 Å². The van der Waals surface area contributed by atoms with E-state index < -0.39 is 25.4 Å². The normalized spacial score (nSPS) is 14.2. The largest absolute Gasteiger partial charge is 0.369 e. The van der Waals surface area contributed by atoms with E-state index in [1.54, 1.807) is 0 Å². The summed E-state index contributed by atoms with van der Waals surface area (Å²) in [7, 11) is 0. The third-order valence-electron chi connectivity index (χ3n) is 3.14. The second-order valence-corrected chi connectivity index (χ2v) is 5.38. The van der Waals surface area contributed by atoms with Gasteiger partial charge >= 0.3 is 0 Å². The van der Waals surface area contributed by atoms with Crippen molar-refractivity contribution in [2.45, 2.75) is 71.6 Å². The molecule has 5 heteroatoms. The molecule has 21 heavy (non-hydrogen) atoms. The van der Waals surface area contributed by atoms with Gasteiger partial charge in [-0.25, -0.2) is 0 Å². The van der Waals surface area contributed by atoms with Crippen molar-refractivity contribution in [1.29, 1.82) is 0 Å². The number of nitrogens with zero attached hydrogens (tertiary/aromatic N) is 2. The van der Waals surface area contributed by atoms with E-state index in [0.29, 0.717) is 11.3 Å². The fraction of sp³-hybridized carbons (Fsp3) is 0.812. The van der Waals surface area contributed by atoms with Crippen molar-refractivity contribution in [2.24, 2.45) is 10.7 Å². The molecule has 0 aromatic heterocycles. The van der Waals surface area contributed by atoms with Crippen LogP contribution in [0.5, 0.6) is 0 Å². The van der Waals surface area contributed by atoms with Crippen LogP contribution in [0.1, 0.15) is 75.7 Å². The summed E-state index contributed by atoms with van der Waals surface area (Å²) in [5.41, 5.74) is 5.59. The SMILES string of the molecule is [2H]C([2H])([2H])N(CC(C)=O)C(N)=NC(=O)CCCCCCCCCC. The van der Waals surface area contributed by atoms with E-state index in [9.17, 15) is 9.59 Å². The smallest absolute Gasteiger partial charge is 0.248 e. The number of rotatable bonds is 11. The van der Waals surface area contributed by atoms with E-state index in [-0.39, 0.29) is 12.2 Å². The van der Waals surface area contributed by atoms with E-state index in [0.717, 1.165) is 12.8 Å². The highest BCUT2D eigenvalue weighted by atomic mass is 16.1. The molecule has 0 spiro atoms. The summed E-state index contributed by atoms with van der Waals surface area (Å²) in [6.07, 6.45) is 9.14. The molecule has 0 aliphatic rings. The summed E-state index contributed by atoms with van der Waals surface area (Å²) in [6.45, 7) is 0.449. The number of aliphatic imine (C=N–C) groups is 1. The summed E-state index contributed by atoms with van der Waals surface area (Å²) >= 11 is 0. The molecule has 0 rings (SSSR count). The molecule has 2 N–H and O–H groups in total. The first-order chi connectivity index (χ1) is 11.2. The van der Waals surface area contributed by atoms with E-state index in [4.69, 9.17) is 9.85 Å². The maximum Gasteiger partial charge on any atom is 0.248 e. The Hall–Kier alpha value is -1.39. The Morgan fingerprint density at radius 1 is 1.10 bits per heavy atom. The maximum absolute atomic E-state index is 11.8. The minimum Gasteiger partial charge on any atom is -0.369 e. The molecule has 0 saturated heterocycles. The zero-order valence-corrected chi connectivity index (χ0v) is 13.4. The van der Waals surface area contributed by atoms with Gasteiger partial charge in [-0.3, -0.25) is 9.59 Å².